The lowest BCUT2D eigenvalue weighted by molar-refractivity contribution is -0.116. The third kappa shape index (κ3) is 7.00. The maximum absolute atomic E-state index is 13.2. The second-order valence-electron chi connectivity index (χ2n) is 9.31. The van der Waals surface area contributed by atoms with Crippen molar-refractivity contribution in [3.8, 4) is 5.69 Å². The Bertz CT molecular complexity index is 1200. The molecule has 0 bridgehead atoms. The number of nitrogens with one attached hydrogen (secondary N) is 1. The molecule has 1 N–H and O–H groups in total. The van der Waals surface area contributed by atoms with E-state index < -0.39 is 0 Å². The molecule has 0 aliphatic heterocycles. The van der Waals surface area contributed by atoms with Crippen molar-refractivity contribution in [2.24, 2.45) is 0 Å². The Morgan fingerprint density at radius 3 is 2.29 bits per heavy atom. The third-order valence-corrected chi connectivity index (χ3v) is 6.38. The number of unbranched alkanes of at least 4 members (excludes halogenated alkanes) is 1. The highest BCUT2D eigenvalue weighted by molar-refractivity contribution is 6.42. The quantitative estimate of drug-likeness (QED) is 0.337. The average Bonchev–Trinajstić information content (AvgIpc) is 3.22. The number of anilines is 1. The lowest BCUT2D eigenvalue weighted by atomic mass is 9.92. The molecule has 0 unspecified atom stereocenters. The number of rotatable bonds is 8. The molecule has 0 aliphatic rings. The Labute approximate surface area is 221 Å². The first-order valence-corrected chi connectivity index (χ1v) is 12.5. The number of carbonyl (C=O) groups excluding carboxylic acids is 2. The Hall–Kier alpha value is -2.54. The van der Waals surface area contributed by atoms with Gasteiger partial charge < -0.3 is 10.2 Å². The lowest BCUT2D eigenvalue weighted by Crippen LogP contribution is -2.39. The summed E-state index contributed by atoms with van der Waals surface area (Å²) in [6.07, 6.45) is 1.64. The molecule has 9 heteroatoms. The average molecular weight is 536 g/mol. The summed E-state index contributed by atoms with van der Waals surface area (Å²) in [5.74, 6) is -0.0986. The largest absolute Gasteiger partial charge is 0.329 e. The van der Waals surface area contributed by atoms with Crippen LogP contribution < -0.4 is 5.32 Å². The number of nitrogens with zero attached hydrogens (tertiary/aromatic N) is 3. The van der Waals surface area contributed by atoms with Crippen LogP contribution in [0.25, 0.3) is 5.69 Å². The first-order valence-electron chi connectivity index (χ1n) is 11.4. The fourth-order valence-corrected chi connectivity index (χ4v) is 3.81. The van der Waals surface area contributed by atoms with Crippen molar-refractivity contribution < 1.29 is 9.59 Å². The molecular formula is C26H29Cl3N4O2. The van der Waals surface area contributed by atoms with Crippen molar-refractivity contribution in [1.29, 1.82) is 0 Å². The van der Waals surface area contributed by atoms with Gasteiger partial charge in [-0.3, -0.25) is 9.59 Å². The zero-order valence-electron chi connectivity index (χ0n) is 20.2. The van der Waals surface area contributed by atoms with E-state index in [0.29, 0.717) is 33.0 Å². The predicted molar refractivity (Wildman–Crippen MR) is 143 cm³/mol. The summed E-state index contributed by atoms with van der Waals surface area (Å²) in [6, 6.07) is 13.8. The van der Waals surface area contributed by atoms with E-state index in [4.69, 9.17) is 39.9 Å². The highest BCUT2D eigenvalue weighted by Gasteiger charge is 2.24. The zero-order chi connectivity index (χ0) is 25.8. The smallest absolute Gasteiger partial charge is 0.254 e. The minimum absolute atomic E-state index is 0.115. The number of halogens is 3. The highest BCUT2D eigenvalue weighted by atomic mass is 35.5. The van der Waals surface area contributed by atoms with Gasteiger partial charge in [-0.05, 0) is 48.9 Å². The maximum atomic E-state index is 13.2. The second kappa shape index (κ2) is 11.5. The summed E-state index contributed by atoms with van der Waals surface area (Å²) in [6.45, 7) is 8.50. The van der Waals surface area contributed by atoms with E-state index in [-0.39, 0.29) is 23.8 Å². The Balaban J connectivity index is 1.86. The van der Waals surface area contributed by atoms with Crippen LogP contribution in [0.2, 0.25) is 15.1 Å². The van der Waals surface area contributed by atoms with Gasteiger partial charge in [0.1, 0.15) is 12.4 Å². The minimum atomic E-state index is -0.329. The first kappa shape index (κ1) is 27.1. The summed E-state index contributed by atoms with van der Waals surface area (Å²) < 4.78 is 1.67. The van der Waals surface area contributed by atoms with E-state index in [1.165, 1.54) is 11.0 Å². The summed E-state index contributed by atoms with van der Waals surface area (Å²) >= 11 is 18.1. The molecule has 0 fully saturated rings. The second-order valence-corrected chi connectivity index (χ2v) is 10.6. The molecule has 35 heavy (non-hydrogen) atoms. The van der Waals surface area contributed by atoms with Crippen molar-refractivity contribution in [3.63, 3.8) is 0 Å². The van der Waals surface area contributed by atoms with Gasteiger partial charge in [-0.25, -0.2) is 4.68 Å². The molecule has 0 aliphatic carbocycles. The minimum Gasteiger partial charge on any atom is -0.329 e. The normalized spacial score (nSPS) is 11.4. The van der Waals surface area contributed by atoms with Crippen LogP contribution in [0.15, 0.2) is 48.5 Å². The molecular weight excluding hydrogens is 507 g/mol. The molecule has 0 atom stereocenters. The fraction of sp³-hybridized carbons (Fsp3) is 0.346. The predicted octanol–water partition coefficient (Wildman–Crippen LogP) is 7.01. The summed E-state index contributed by atoms with van der Waals surface area (Å²) in [5.41, 5.74) is 1.73. The maximum Gasteiger partial charge on any atom is 0.254 e. The molecule has 6 nitrogen and oxygen atoms in total. The topological polar surface area (TPSA) is 67.2 Å². The van der Waals surface area contributed by atoms with Gasteiger partial charge in [0, 0.05) is 28.6 Å². The molecule has 1 aromatic heterocycles. The van der Waals surface area contributed by atoms with Crippen molar-refractivity contribution in [3.05, 3.63) is 74.9 Å². The number of benzene rings is 2. The molecule has 0 spiro atoms. The molecule has 1 heterocycles. The van der Waals surface area contributed by atoms with E-state index in [0.717, 1.165) is 24.2 Å². The highest BCUT2D eigenvalue weighted by Crippen LogP contribution is 2.27. The van der Waals surface area contributed by atoms with Crippen LogP contribution in [-0.2, 0) is 10.2 Å². The number of aromatic nitrogens is 2. The SMILES string of the molecule is CCCCN(CC(=O)Nc1cc(C(C)(C)C)nn1-c1ccc(Cl)cc1)C(=O)c1ccc(Cl)c(Cl)c1. The van der Waals surface area contributed by atoms with Gasteiger partial charge in [-0.1, -0.05) is 68.9 Å². The van der Waals surface area contributed by atoms with E-state index in [1.54, 1.807) is 28.9 Å². The van der Waals surface area contributed by atoms with Gasteiger partial charge in [0.25, 0.3) is 5.91 Å². The monoisotopic (exact) mass is 534 g/mol. The molecule has 3 rings (SSSR count). The molecule has 186 valence electrons. The van der Waals surface area contributed by atoms with Crippen molar-refractivity contribution in [1.82, 2.24) is 14.7 Å². The van der Waals surface area contributed by atoms with E-state index in [1.807, 2.05) is 25.1 Å². The van der Waals surface area contributed by atoms with Crippen LogP contribution in [-0.4, -0.2) is 39.6 Å². The number of carbonyl (C=O) groups is 2. The zero-order valence-corrected chi connectivity index (χ0v) is 22.5. The van der Waals surface area contributed by atoms with Crippen molar-refractivity contribution >= 4 is 52.4 Å². The summed E-state index contributed by atoms with van der Waals surface area (Å²) in [5, 5.41) is 8.92. The van der Waals surface area contributed by atoms with Gasteiger partial charge in [-0.15, -0.1) is 0 Å². The van der Waals surface area contributed by atoms with Gasteiger partial charge >= 0.3 is 0 Å². The van der Waals surface area contributed by atoms with E-state index >= 15 is 0 Å². The van der Waals surface area contributed by atoms with Gasteiger partial charge in [0.15, 0.2) is 0 Å². The van der Waals surface area contributed by atoms with Crippen LogP contribution >= 0.6 is 34.8 Å². The van der Waals surface area contributed by atoms with Gasteiger partial charge in [0.2, 0.25) is 5.91 Å². The van der Waals surface area contributed by atoms with Gasteiger partial charge in [-0.2, -0.15) is 5.10 Å². The van der Waals surface area contributed by atoms with E-state index in [9.17, 15) is 9.59 Å². The number of amides is 2. The van der Waals surface area contributed by atoms with Crippen LogP contribution in [0.3, 0.4) is 0 Å². The third-order valence-electron chi connectivity index (χ3n) is 5.39. The number of hydrogen-bond acceptors (Lipinski definition) is 3. The molecule has 0 saturated heterocycles. The Kier molecular flexibility index (Phi) is 8.86. The van der Waals surface area contributed by atoms with Crippen LogP contribution in [0.5, 0.6) is 0 Å². The molecule has 0 radical (unpaired) electrons. The van der Waals surface area contributed by atoms with Crippen LogP contribution in [0.1, 0.15) is 56.6 Å². The van der Waals surface area contributed by atoms with Gasteiger partial charge in [0.05, 0.1) is 21.4 Å². The van der Waals surface area contributed by atoms with Crippen molar-refractivity contribution in [2.75, 3.05) is 18.4 Å². The fourth-order valence-electron chi connectivity index (χ4n) is 3.38. The Morgan fingerprint density at radius 1 is 1.00 bits per heavy atom. The lowest BCUT2D eigenvalue weighted by Gasteiger charge is -2.22. The summed E-state index contributed by atoms with van der Waals surface area (Å²) in [4.78, 5) is 27.8. The van der Waals surface area contributed by atoms with E-state index in [2.05, 4.69) is 26.1 Å². The van der Waals surface area contributed by atoms with Crippen molar-refractivity contribution in [2.45, 2.75) is 46.0 Å². The molecule has 2 amide bonds. The molecule has 3 aromatic rings. The standard InChI is InChI=1S/C26H29Cl3N4O2/c1-5-6-13-32(25(35)17-7-12-20(28)21(29)14-17)16-24(34)30-23-15-22(26(2,3)4)31-33(23)19-10-8-18(27)9-11-19/h7-12,14-15H,5-6,13,16H2,1-4H3,(H,30,34). The number of hydrogen-bond donors (Lipinski definition) is 1. The van der Waals surface area contributed by atoms with Crippen LogP contribution in [0, 0.1) is 0 Å². The Morgan fingerprint density at radius 2 is 1.69 bits per heavy atom. The molecule has 2 aromatic carbocycles. The summed E-state index contributed by atoms with van der Waals surface area (Å²) in [7, 11) is 0. The molecule has 0 saturated carbocycles. The van der Waals surface area contributed by atoms with Crippen LogP contribution in [0.4, 0.5) is 5.82 Å². The first-order chi connectivity index (χ1) is 16.5.